The Morgan fingerprint density at radius 3 is 1.07 bits per heavy atom. The minimum absolute atomic E-state index is 0.0430. The molecule has 0 aliphatic rings. The minimum Gasteiger partial charge on any atom is -0.456 e. The summed E-state index contributed by atoms with van der Waals surface area (Å²) in [7, 11) is 0. The highest BCUT2D eigenvalue weighted by atomic mass is 16.3. The lowest BCUT2D eigenvalue weighted by molar-refractivity contribution is 0.590. The average Bonchev–Trinajstić information content (AvgIpc) is 4.04. The zero-order valence-corrected chi connectivity index (χ0v) is 42.6. The third-order valence-electron chi connectivity index (χ3n) is 15.5. The van der Waals surface area contributed by atoms with Crippen LogP contribution in [-0.4, -0.2) is 9.13 Å². The van der Waals surface area contributed by atoms with E-state index in [1.165, 1.54) is 71.3 Å². The molecule has 4 heterocycles. The predicted octanol–water partition coefficient (Wildman–Crippen LogP) is 19.2. The lowest BCUT2D eigenvalue weighted by Crippen LogP contribution is -2.10. The SMILES string of the molecule is CC(C)(C)c1ccc2c(c1)c1cc(C(C)(C)C)ccc1n2-c1ccc2cc3c(cc2c1)oc1c3ccc2oc3cc4cc(-n5c6ccc(C(C)(C)C)cc6c6cc(C(C)(C)C)ccc65)ccc4cc3c21. The van der Waals surface area contributed by atoms with Gasteiger partial charge >= 0.3 is 0 Å². The van der Waals surface area contributed by atoms with Crippen LogP contribution >= 0.6 is 0 Å². The van der Waals surface area contributed by atoms with E-state index in [0.717, 1.165) is 71.4 Å². The summed E-state index contributed by atoms with van der Waals surface area (Å²) in [6.07, 6.45) is 0. The second kappa shape index (κ2) is 14.2. The van der Waals surface area contributed by atoms with E-state index in [1.807, 2.05) is 0 Å². The Morgan fingerprint density at radius 1 is 0.286 bits per heavy atom. The predicted molar refractivity (Wildman–Crippen MR) is 299 cm³/mol. The fourth-order valence-electron chi connectivity index (χ4n) is 11.3. The van der Waals surface area contributed by atoms with Gasteiger partial charge < -0.3 is 18.0 Å². The molecule has 13 aromatic rings. The van der Waals surface area contributed by atoms with E-state index in [9.17, 15) is 0 Å². The van der Waals surface area contributed by atoms with Crippen LogP contribution in [0.4, 0.5) is 0 Å². The van der Waals surface area contributed by atoms with Gasteiger partial charge in [-0.3, -0.25) is 0 Å². The number of hydrogen-bond donors (Lipinski definition) is 0. The minimum atomic E-state index is 0.0430. The summed E-state index contributed by atoms with van der Waals surface area (Å²) in [5.41, 5.74) is 16.1. The zero-order valence-electron chi connectivity index (χ0n) is 42.6. The molecular weight excluding hydrogens is 853 g/mol. The van der Waals surface area contributed by atoms with Gasteiger partial charge in [-0.2, -0.15) is 0 Å². The van der Waals surface area contributed by atoms with Gasteiger partial charge in [-0.05, 0) is 175 Å². The standard InChI is InChI=1S/C66H60N2O2/c1-63(2,3)41-15-22-54-48(33-41)49-34-42(64(4,5)6)16-23-55(49)67(54)45-19-13-37-29-52-47-21-26-58-61(62(47)70-59(52)31-39(37)27-45)53-30-38-14-20-46(28-40(38)32-60(53)69-58)68-56-24-17-43(65(7,8)9)35-50(56)51-36-44(66(10,11)12)18-25-57(51)68/h13-36H,1-12H3. The fourth-order valence-corrected chi connectivity index (χ4v) is 11.3. The maximum Gasteiger partial charge on any atom is 0.147 e. The van der Waals surface area contributed by atoms with Crippen molar-refractivity contribution in [2.75, 3.05) is 0 Å². The molecule has 0 atom stereocenters. The van der Waals surface area contributed by atoms with E-state index in [0.29, 0.717) is 0 Å². The molecule has 0 radical (unpaired) electrons. The molecule has 0 spiro atoms. The summed E-state index contributed by atoms with van der Waals surface area (Å²) in [6.45, 7) is 27.5. The summed E-state index contributed by atoms with van der Waals surface area (Å²) in [5.74, 6) is 0. The molecule has 0 fully saturated rings. The fraction of sp³-hybridized carbons (Fsp3) is 0.242. The first-order valence-electron chi connectivity index (χ1n) is 25.1. The van der Waals surface area contributed by atoms with Crippen molar-refractivity contribution in [3.63, 3.8) is 0 Å². The van der Waals surface area contributed by atoms with Crippen molar-refractivity contribution in [3.8, 4) is 11.4 Å². The van der Waals surface area contributed by atoms with Crippen molar-refractivity contribution < 1.29 is 8.83 Å². The van der Waals surface area contributed by atoms with Gasteiger partial charge in [-0.25, -0.2) is 0 Å². The smallest absolute Gasteiger partial charge is 0.147 e. The van der Waals surface area contributed by atoms with E-state index in [1.54, 1.807) is 0 Å². The Labute approximate surface area is 409 Å². The number of benzene rings is 9. The van der Waals surface area contributed by atoms with Crippen molar-refractivity contribution >= 4 is 109 Å². The molecule has 4 heteroatoms. The molecule has 0 aliphatic carbocycles. The van der Waals surface area contributed by atoms with Gasteiger partial charge in [-0.1, -0.05) is 119 Å². The number of nitrogens with zero attached hydrogens (tertiary/aromatic N) is 2. The van der Waals surface area contributed by atoms with E-state index < -0.39 is 0 Å². The molecule has 4 aromatic heterocycles. The Bertz CT molecular complexity index is 4240. The second-order valence-electron chi connectivity index (χ2n) is 24.4. The van der Waals surface area contributed by atoms with Crippen molar-refractivity contribution in [1.29, 1.82) is 0 Å². The second-order valence-corrected chi connectivity index (χ2v) is 24.4. The highest BCUT2D eigenvalue weighted by Crippen LogP contribution is 2.44. The topological polar surface area (TPSA) is 36.1 Å². The van der Waals surface area contributed by atoms with Crippen molar-refractivity contribution in [1.82, 2.24) is 9.13 Å². The highest BCUT2D eigenvalue weighted by molar-refractivity contribution is 6.24. The molecule has 13 rings (SSSR count). The number of rotatable bonds is 2. The molecular formula is C66H60N2O2. The lowest BCUT2D eigenvalue weighted by Gasteiger charge is -2.19. The number of aromatic nitrogens is 2. The molecule has 0 N–H and O–H groups in total. The van der Waals surface area contributed by atoms with Gasteiger partial charge in [0.25, 0.3) is 0 Å². The first-order valence-corrected chi connectivity index (χ1v) is 25.1. The monoisotopic (exact) mass is 912 g/mol. The quantitative estimate of drug-likeness (QED) is 0.173. The van der Waals surface area contributed by atoms with E-state index in [-0.39, 0.29) is 21.7 Å². The van der Waals surface area contributed by atoms with Crippen LogP contribution in [0.1, 0.15) is 105 Å². The van der Waals surface area contributed by atoms with Crippen LogP contribution in [0.2, 0.25) is 0 Å². The average molecular weight is 913 g/mol. The Hall–Kier alpha value is -7.30. The molecule has 0 bridgehead atoms. The van der Waals surface area contributed by atoms with Crippen molar-refractivity contribution in [3.05, 3.63) is 168 Å². The van der Waals surface area contributed by atoms with Crippen molar-refractivity contribution in [2.24, 2.45) is 0 Å². The Kier molecular flexibility index (Phi) is 8.65. The van der Waals surface area contributed by atoms with Crippen LogP contribution in [0.5, 0.6) is 0 Å². The first kappa shape index (κ1) is 42.8. The number of hydrogen-bond acceptors (Lipinski definition) is 2. The van der Waals surface area contributed by atoms with E-state index in [4.69, 9.17) is 8.83 Å². The molecule has 4 nitrogen and oxygen atoms in total. The lowest BCUT2D eigenvalue weighted by atomic mass is 9.85. The van der Waals surface area contributed by atoms with Crippen LogP contribution < -0.4 is 0 Å². The molecule has 0 saturated carbocycles. The van der Waals surface area contributed by atoms with Crippen LogP contribution in [-0.2, 0) is 21.7 Å². The summed E-state index contributed by atoms with van der Waals surface area (Å²) < 4.78 is 18.5. The summed E-state index contributed by atoms with van der Waals surface area (Å²) in [5, 5.41) is 14.0. The van der Waals surface area contributed by atoms with E-state index >= 15 is 0 Å². The largest absolute Gasteiger partial charge is 0.456 e. The van der Waals surface area contributed by atoms with Gasteiger partial charge in [0.1, 0.15) is 22.3 Å². The summed E-state index contributed by atoms with van der Waals surface area (Å²) in [6, 6.07) is 55.2. The van der Waals surface area contributed by atoms with Crippen LogP contribution in [0, 0.1) is 0 Å². The third kappa shape index (κ3) is 6.41. The molecule has 0 amide bonds. The maximum atomic E-state index is 6.95. The molecule has 346 valence electrons. The van der Waals surface area contributed by atoms with Gasteiger partial charge in [0.2, 0.25) is 0 Å². The number of fused-ring (bicyclic) bond motifs is 15. The molecule has 0 saturated heterocycles. The molecule has 9 aromatic carbocycles. The third-order valence-corrected chi connectivity index (χ3v) is 15.5. The molecule has 70 heavy (non-hydrogen) atoms. The van der Waals surface area contributed by atoms with Gasteiger partial charge in [0, 0.05) is 49.1 Å². The number of furan rings is 2. The summed E-state index contributed by atoms with van der Waals surface area (Å²) in [4.78, 5) is 0. The zero-order chi connectivity index (χ0) is 48.6. The highest BCUT2D eigenvalue weighted by Gasteiger charge is 2.24. The summed E-state index contributed by atoms with van der Waals surface area (Å²) >= 11 is 0. The van der Waals surface area contributed by atoms with Gasteiger partial charge in [0.05, 0.1) is 27.5 Å². The Morgan fingerprint density at radius 2 is 0.671 bits per heavy atom. The van der Waals surface area contributed by atoms with E-state index in [2.05, 4.69) is 238 Å². The maximum absolute atomic E-state index is 6.95. The van der Waals surface area contributed by atoms with Gasteiger partial charge in [-0.15, -0.1) is 0 Å². The van der Waals surface area contributed by atoms with Crippen LogP contribution in [0.15, 0.2) is 154 Å². The van der Waals surface area contributed by atoms with Crippen LogP contribution in [0.3, 0.4) is 0 Å². The van der Waals surface area contributed by atoms with Crippen LogP contribution in [0.25, 0.3) is 120 Å². The Balaban J connectivity index is 0.942. The molecule has 0 aliphatic heterocycles. The van der Waals surface area contributed by atoms with Gasteiger partial charge in [0.15, 0.2) is 0 Å². The normalized spacial score (nSPS) is 13.4. The van der Waals surface area contributed by atoms with Crippen molar-refractivity contribution in [2.45, 2.75) is 105 Å². The first-order chi connectivity index (χ1) is 33.2. The molecule has 0 unspecified atom stereocenters.